The summed E-state index contributed by atoms with van der Waals surface area (Å²) in [5, 5.41) is 0. The lowest BCUT2D eigenvalue weighted by Crippen LogP contribution is -2.37. The number of hydrogen-bond acceptors (Lipinski definition) is 1. The number of benzene rings is 2. The highest BCUT2D eigenvalue weighted by atomic mass is 15.5. The zero-order valence-corrected chi connectivity index (χ0v) is 15.9. The molecule has 134 valence electrons. The molecule has 26 heavy (non-hydrogen) atoms. The zero-order chi connectivity index (χ0) is 18.1. The predicted octanol–water partition coefficient (Wildman–Crippen LogP) is 4.79. The number of aryl methyl sites for hydroxylation is 2. The Morgan fingerprint density at radius 3 is 2.38 bits per heavy atom. The number of fused-ring (bicyclic) bond motifs is 2. The molecule has 0 aliphatic carbocycles. The molecule has 0 N–H and O–H groups in total. The molecule has 0 bridgehead atoms. The van der Waals surface area contributed by atoms with Crippen LogP contribution in [0, 0.1) is 13.8 Å². The van der Waals surface area contributed by atoms with Crippen LogP contribution in [-0.4, -0.2) is 14.3 Å². The quantitative estimate of drug-likeness (QED) is 0.364. The van der Waals surface area contributed by atoms with Crippen LogP contribution in [0.25, 0.3) is 22.1 Å². The molecular weight excluding hydrogens is 320 g/mol. The van der Waals surface area contributed by atoms with Crippen molar-refractivity contribution in [3.63, 3.8) is 0 Å². The van der Waals surface area contributed by atoms with E-state index in [1.54, 1.807) is 0 Å². The highest BCUT2D eigenvalue weighted by molar-refractivity contribution is 5.78. The Hall–Kier alpha value is -2.62. The molecule has 4 rings (SSSR count). The average molecular weight is 347 g/mol. The molecular formula is C22H27N4+. The summed E-state index contributed by atoms with van der Waals surface area (Å²) in [4.78, 5) is 4.77. The van der Waals surface area contributed by atoms with Gasteiger partial charge in [-0.1, -0.05) is 44.0 Å². The van der Waals surface area contributed by atoms with Crippen LogP contribution in [0.1, 0.15) is 44.3 Å². The number of aromatic nitrogens is 4. The molecule has 0 saturated carbocycles. The second-order valence-electron chi connectivity index (χ2n) is 7.02. The van der Waals surface area contributed by atoms with Gasteiger partial charge in [0.25, 0.3) is 5.82 Å². The largest absolute Gasteiger partial charge is 0.278 e. The van der Waals surface area contributed by atoms with E-state index in [1.807, 2.05) is 6.07 Å². The van der Waals surface area contributed by atoms with Crippen molar-refractivity contribution in [2.75, 3.05) is 0 Å². The first-order chi connectivity index (χ1) is 12.7. The fourth-order valence-corrected chi connectivity index (χ4v) is 3.95. The molecule has 0 fully saturated rings. The third kappa shape index (κ3) is 2.70. The summed E-state index contributed by atoms with van der Waals surface area (Å²) in [7, 11) is 0. The van der Waals surface area contributed by atoms with Crippen molar-refractivity contribution in [3.05, 3.63) is 60.2 Å². The van der Waals surface area contributed by atoms with E-state index in [1.165, 1.54) is 42.5 Å². The highest BCUT2D eigenvalue weighted by Crippen LogP contribution is 2.21. The first-order valence-electron chi connectivity index (χ1n) is 9.67. The van der Waals surface area contributed by atoms with Crippen LogP contribution < -0.4 is 4.57 Å². The van der Waals surface area contributed by atoms with Crippen molar-refractivity contribution in [1.82, 2.24) is 14.3 Å². The van der Waals surface area contributed by atoms with Crippen LogP contribution in [0.3, 0.4) is 0 Å². The maximum atomic E-state index is 4.77. The minimum absolute atomic E-state index is 1.01. The minimum Gasteiger partial charge on any atom is -0.230 e. The summed E-state index contributed by atoms with van der Waals surface area (Å²) in [6.45, 7) is 7.62. The standard InChI is InChI=1S/C22H27N4/c1-4-5-6-11-16-24-18(3)26(22-15-10-9-14-21(22)24)25-17(2)23-19-12-7-8-13-20(19)25/h7-10,12-15H,4-6,11,16H2,1-3H3/q+1. The monoisotopic (exact) mass is 347 g/mol. The second kappa shape index (κ2) is 6.94. The topological polar surface area (TPSA) is 26.6 Å². The molecule has 0 radical (unpaired) electrons. The molecule has 2 aromatic heterocycles. The van der Waals surface area contributed by atoms with Crippen LogP contribution in [0.15, 0.2) is 48.5 Å². The van der Waals surface area contributed by atoms with Crippen molar-refractivity contribution in [2.45, 2.75) is 53.0 Å². The Morgan fingerprint density at radius 1 is 0.846 bits per heavy atom. The first-order valence-corrected chi connectivity index (χ1v) is 9.67. The third-order valence-corrected chi connectivity index (χ3v) is 5.23. The average Bonchev–Trinajstić information content (AvgIpc) is 3.12. The van der Waals surface area contributed by atoms with Gasteiger partial charge in [0, 0.05) is 6.92 Å². The molecule has 0 spiro atoms. The summed E-state index contributed by atoms with van der Waals surface area (Å²) < 4.78 is 7.02. The molecule has 0 atom stereocenters. The Morgan fingerprint density at radius 2 is 1.58 bits per heavy atom. The van der Waals surface area contributed by atoms with E-state index in [9.17, 15) is 0 Å². The van der Waals surface area contributed by atoms with Crippen molar-refractivity contribution in [2.24, 2.45) is 0 Å². The van der Waals surface area contributed by atoms with Gasteiger partial charge in [-0.15, -0.1) is 4.68 Å². The summed E-state index contributed by atoms with van der Waals surface area (Å²) in [5.41, 5.74) is 4.70. The van der Waals surface area contributed by atoms with Crippen LogP contribution in [0.5, 0.6) is 0 Å². The first kappa shape index (κ1) is 16.8. The van der Waals surface area contributed by atoms with Gasteiger partial charge < -0.3 is 0 Å². The Balaban J connectivity index is 1.90. The molecule has 4 nitrogen and oxygen atoms in total. The van der Waals surface area contributed by atoms with E-state index in [4.69, 9.17) is 4.98 Å². The van der Waals surface area contributed by atoms with Crippen LogP contribution in [0.4, 0.5) is 0 Å². The number of rotatable bonds is 6. The van der Waals surface area contributed by atoms with Gasteiger partial charge in [-0.05, 0) is 44.0 Å². The lowest BCUT2D eigenvalue weighted by molar-refractivity contribution is -0.679. The van der Waals surface area contributed by atoms with E-state index in [0.717, 1.165) is 23.4 Å². The molecule has 0 saturated heterocycles. The van der Waals surface area contributed by atoms with Crippen molar-refractivity contribution in [1.29, 1.82) is 0 Å². The molecule has 2 heterocycles. The van der Waals surface area contributed by atoms with Gasteiger partial charge in [0.2, 0.25) is 5.52 Å². The summed E-state index contributed by atoms with van der Waals surface area (Å²) in [6, 6.07) is 17.1. The van der Waals surface area contributed by atoms with Gasteiger partial charge in [0.05, 0.1) is 12.1 Å². The van der Waals surface area contributed by atoms with E-state index in [-0.39, 0.29) is 0 Å². The van der Waals surface area contributed by atoms with Gasteiger partial charge in [-0.2, -0.15) is 4.68 Å². The van der Waals surface area contributed by atoms with Gasteiger partial charge in [0.1, 0.15) is 11.3 Å². The highest BCUT2D eigenvalue weighted by Gasteiger charge is 2.25. The maximum Gasteiger partial charge on any atom is 0.278 e. The summed E-state index contributed by atoms with van der Waals surface area (Å²) in [6.07, 6.45) is 5.08. The fourth-order valence-electron chi connectivity index (χ4n) is 3.95. The summed E-state index contributed by atoms with van der Waals surface area (Å²) >= 11 is 0. The SMILES string of the molecule is CCCCCC[n+]1c(C)n(-n2c(C)nc3ccccc32)c2ccccc21. The number of hydrogen-bond donors (Lipinski definition) is 0. The van der Waals surface area contributed by atoms with Crippen molar-refractivity contribution < 1.29 is 4.57 Å². The Labute approximate surface area is 154 Å². The summed E-state index contributed by atoms with van der Waals surface area (Å²) in [5.74, 6) is 2.25. The molecule has 4 heteroatoms. The van der Waals surface area contributed by atoms with Gasteiger partial charge in [-0.25, -0.2) is 9.55 Å². The lowest BCUT2D eigenvalue weighted by Gasteiger charge is -2.05. The van der Waals surface area contributed by atoms with E-state index in [0.29, 0.717) is 0 Å². The van der Waals surface area contributed by atoms with E-state index < -0.39 is 0 Å². The van der Waals surface area contributed by atoms with Crippen molar-refractivity contribution >= 4 is 22.1 Å². The lowest BCUT2D eigenvalue weighted by atomic mass is 10.2. The molecule has 0 aliphatic heterocycles. The maximum absolute atomic E-state index is 4.77. The van der Waals surface area contributed by atoms with E-state index >= 15 is 0 Å². The number of nitrogens with zero attached hydrogens (tertiary/aromatic N) is 4. The molecule has 0 amide bonds. The van der Waals surface area contributed by atoms with Crippen LogP contribution in [-0.2, 0) is 6.54 Å². The number of para-hydroxylation sites is 4. The minimum atomic E-state index is 1.01. The zero-order valence-electron chi connectivity index (χ0n) is 15.9. The van der Waals surface area contributed by atoms with Gasteiger partial charge >= 0.3 is 0 Å². The predicted molar refractivity (Wildman–Crippen MR) is 106 cm³/mol. The van der Waals surface area contributed by atoms with Crippen LogP contribution >= 0.6 is 0 Å². The second-order valence-corrected chi connectivity index (χ2v) is 7.02. The Bertz CT molecular complexity index is 1050. The fraction of sp³-hybridized carbons (Fsp3) is 0.364. The van der Waals surface area contributed by atoms with Crippen molar-refractivity contribution in [3.8, 4) is 0 Å². The molecule has 4 aromatic rings. The molecule has 2 aromatic carbocycles. The van der Waals surface area contributed by atoms with Crippen LogP contribution in [0.2, 0.25) is 0 Å². The molecule has 0 unspecified atom stereocenters. The molecule has 0 aliphatic rings. The van der Waals surface area contributed by atoms with E-state index in [2.05, 4.69) is 77.2 Å². The third-order valence-electron chi connectivity index (χ3n) is 5.23. The Kier molecular flexibility index (Phi) is 4.49. The normalized spacial score (nSPS) is 11.7. The van der Waals surface area contributed by atoms with Gasteiger partial charge in [-0.3, -0.25) is 0 Å². The smallest absolute Gasteiger partial charge is 0.230 e. The van der Waals surface area contributed by atoms with Gasteiger partial charge in [0.15, 0.2) is 5.52 Å². The number of imidazole rings is 2. The number of unbranched alkanes of at least 4 members (excludes halogenated alkanes) is 3.